The molecule has 9 nitrogen and oxygen atoms in total. The van der Waals surface area contributed by atoms with Crippen LogP contribution >= 0.6 is 11.8 Å². The van der Waals surface area contributed by atoms with E-state index in [9.17, 15) is 9.59 Å². The van der Waals surface area contributed by atoms with Crippen molar-refractivity contribution in [3.05, 3.63) is 76.7 Å². The molecule has 3 aromatic heterocycles. The van der Waals surface area contributed by atoms with Crippen LogP contribution in [0, 0.1) is 6.92 Å². The summed E-state index contributed by atoms with van der Waals surface area (Å²) in [6, 6.07) is 9.76. The molecule has 0 fully saturated rings. The quantitative estimate of drug-likeness (QED) is 0.331. The lowest BCUT2D eigenvalue weighted by molar-refractivity contribution is -0.118. The third-order valence-electron chi connectivity index (χ3n) is 4.62. The first-order valence-electron chi connectivity index (χ1n) is 9.73. The molecule has 1 amide bonds. The standard InChI is InChI=1S/C21H21N7O2S/c1-15-3-5-16(6-4-15)12-27-14-25-19-17(20(27)30)11-26-28(19)10-9-22-18(29)13-31-21-23-7-2-8-24-21/h2-8,11,14H,9-10,12-13H2,1H3,(H,22,29). The fourth-order valence-corrected chi connectivity index (χ4v) is 3.64. The van der Waals surface area contributed by atoms with E-state index in [1.54, 1.807) is 27.7 Å². The van der Waals surface area contributed by atoms with E-state index in [0.717, 1.165) is 5.56 Å². The first-order valence-corrected chi connectivity index (χ1v) is 10.7. The maximum atomic E-state index is 12.8. The van der Waals surface area contributed by atoms with E-state index >= 15 is 0 Å². The summed E-state index contributed by atoms with van der Waals surface area (Å²) in [5.74, 6) is 0.105. The molecule has 0 saturated heterocycles. The number of hydrogen-bond acceptors (Lipinski definition) is 7. The van der Waals surface area contributed by atoms with E-state index in [-0.39, 0.29) is 17.2 Å². The Balaban J connectivity index is 1.35. The minimum atomic E-state index is -0.139. The maximum Gasteiger partial charge on any atom is 0.264 e. The number of aryl methyl sites for hydroxylation is 1. The SMILES string of the molecule is Cc1ccc(Cn2cnc3c(cnn3CCNC(=O)CSc3ncccn3)c2=O)cc1. The van der Waals surface area contributed by atoms with Crippen LogP contribution in [0.25, 0.3) is 11.0 Å². The zero-order valence-corrected chi connectivity index (χ0v) is 17.7. The smallest absolute Gasteiger partial charge is 0.264 e. The van der Waals surface area contributed by atoms with Gasteiger partial charge in [-0.2, -0.15) is 5.10 Å². The molecule has 0 atom stereocenters. The number of thioether (sulfide) groups is 1. The van der Waals surface area contributed by atoms with Crippen LogP contribution in [-0.4, -0.2) is 47.5 Å². The minimum absolute atomic E-state index is 0.123. The van der Waals surface area contributed by atoms with Crippen molar-refractivity contribution in [3.63, 3.8) is 0 Å². The van der Waals surface area contributed by atoms with Crippen LogP contribution in [0.3, 0.4) is 0 Å². The number of fused-ring (bicyclic) bond motifs is 1. The molecule has 4 rings (SSSR count). The molecule has 0 saturated carbocycles. The Morgan fingerprint density at radius 1 is 1.13 bits per heavy atom. The summed E-state index contributed by atoms with van der Waals surface area (Å²) in [5, 5.41) is 8.12. The Morgan fingerprint density at radius 3 is 2.68 bits per heavy atom. The monoisotopic (exact) mass is 435 g/mol. The summed E-state index contributed by atoms with van der Waals surface area (Å²) < 4.78 is 3.20. The van der Waals surface area contributed by atoms with Gasteiger partial charge in [0.25, 0.3) is 5.56 Å². The van der Waals surface area contributed by atoms with Gasteiger partial charge in [0.1, 0.15) is 11.7 Å². The fraction of sp³-hybridized carbons (Fsp3) is 0.238. The van der Waals surface area contributed by atoms with Gasteiger partial charge in [-0.1, -0.05) is 41.6 Å². The van der Waals surface area contributed by atoms with Crippen LogP contribution in [0.15, 0.2) is 65.2 Å². The zero-order valence-electron chi connectivity index (χ0n) is 16.9. The van der Waals surface area contributed by atoms with Crippen LogP contribution in [-0.2, 0) is 17.9 Å². The maximum absolute atomic E-state index is 12.8. The normalized spacial score (nSPS) is 11.0. The lowest BCUT2D eigenvalue weighted by Crippen LogP contribution is -2.29. The van der Waals surface area contributed by atoms with Crippen LogP contribution in [0.1, 0.15) is 11.1 Å². The molecule has 3 heterocycles. The molecule has 0 bridgehead atoms. The summed E-state index contributed by atoms with van der Waals surface area (Å²) in [6.45, 7) is 3.26. The predicted octanol–water partition coefficient (Wildman–Crippen LogP) is 1.65. The second-order valence-corrected chi connectivity index (χ2v) is 7.88. The van der Waals surface area contributed by atoms with Crippen molar-refractivity contribution in [3.8, 4) is 0 Å². The van der Waals surface area contributed by atoms with Gasteiger partial charge < -0.3 is 5.32 Å². The van der Waals surface area contributed by atoms with Crippen molar-refractivity contribution in [1.82, 2.24) is 34.6 Å². The van der Waals surface area contributed by atoms with E-state index in [4.69, 9.17) is 0 Å². The van der Waals surface area contributed by atoms with Crippen LogP contribution in [0.5, 0.6) is 0 Å². The van der Waals surface area contributed by atoms with Gasteiger partial charge in [0, 0.05) is 18.9 Å². The van der Waals surface area contributed by atoms with Crippen LogP contribution in [0.4, 0.5) is 0 Å². The van der Waals surface area contributed by atoms with Gasteiger partial charge in [-0.15, -0.1) is 0 Å². The van der Waals surface area contributed by atoms with Crippen LogP contribution in [0.2, 0.25) is 0 Å². The molecule has 158 valence electrons. The van der Waals surface area contributed by atoms with Gasteiger partial charge in [0.05, 0.1) is 25.0 Å². The van der Waals surface area contributed by atoms with Gasteiger partial charge in [-0.05, 0) is 18.6 Å². The van der Waals surface area contributed by atoms with E-state index in [1.165, 1.54) is 29.8 Å². The van der Waals surface area contributed by atoms with Crippen molar-refractivity contribution < 1.29 is 4.79 Å². The Labute approximate surface area is 182 Å². The predicted molar refractivity (Wildman–Crippen MR) is 118 cm³/mol. The number of carbonyl (C=O) groups excluding carboxylic acids is 1. The van der Waals surface area contributed by atoms with E-state index in [0.29, 0.717) is 35.8 Å². The molecular formula is C21H21N7O2S. The van der Waals surface area contributed by atoms with E-state index in [1.807, 2.05) is 31.2 Å². The number of benzene rings is 1. The molecule has 31 heavy (non-hydrogen) atoms. The van der Waals surface area contributed by atoms with Crippen LogP contribution < -0.4 is 10.9 Å². The topological polar surface area (TPSA) is 108 Å². The van der Waals surface area contributed by atoms with E-state index in [2.05, 4.69) is 25.4 Å². The molecule has 0 spiro atoms. The molecule has 0 unspecified atom stereocenters. The highest BCUT2D eigenvalue weighted by Crippen LogP contribution is 2.10. The highest BCUT2D eigenvalue weighted by Gasteiger charge is 2.11. The van der Waals surface area contributed by atoms with Gasteiger partial charge >= 0.3 is 0 Å². The third kappa shape index (κ3) is 5.15. The molecule has 0 radical (unpaired) electrons. The average molecular weight is 436 g/mol. The summed E-state index contributed by atoms with van der Waals surface area (Å²) >= 11 is 1.27. The summed E-state index contributed by atoms with van der Waals surface area (Å²) in [6.07, 6.45) is 6.34. The molecule has 0 aliphatic carbocycles. The van der Waals surface area contributed by atoms with Crippen molar-refractivity contribution in [2.24, 2.45) is 0 Å². The summed E-state index contributed by atoms with van der Waals surface area (Å²) in [7, 11) is 0. The zero-order chi connectivity index (χ0) is 21.6. The third-order valence-corrected chi connectivity index (χ3v) is 5.49. The van der Waals surface area contributed by atoms with Crippen molar-refractivity contribution in [2.45, 2.75) is 25.2 Å². The summed E-state index contributed by atoms with van der Waals surface area (Å²) in [4.78, 5) is 37.4. The molecule has 0 aliphatic heterocycles. The number of nitrogens with zero attached hydrogens (tertiary/aromatic N) is 6. The van der Waals surface area contributed by atoms with Gasteiger partial charge in [0.15, 0.2) is 10.8 Å². The molecular weight excluding hydrogens is 414 g/mol. The Hall–Kier alpha value is -3.53. The number of hydrogen-bond donors (Lipinski definition) is 1. The van der Waals surface area contributed by atoms with Crippen molar-refractivity contribution in [2.75, 3.05) is 12.3 Å². The summed E-state index contributed by atoms with van der Waals surface area (Å²) in [5.41, 5.74) is 2.57. The van der Waals surface area contributed by atoms with Gasteiger partial charge in [-0.3, -0.25) is 14.2 Å². The van der Waals surface area contributed by atoms with Gasteiger partial charge in [-0.25, -0.2) is 19.6 Å². The van der Waals surface area contributed by atoms with Gasteiger partial charge in [0.2, 0.25) is 5.91 Å². The average Bonchev–Trinajstić information content (AvgIpc) is 3.20. The number of amides is 1. The minimum Gasteiger partial charge on any atom is -0.354 e. The molecule has 10 heteroatoms. The molecule has 0 aliphatic rings. The molecule has 1 aromatic carbocycles. The second kappa shape index (κ2) is 9.52. The fourth-order valence-electron chi connectivity index (χ4n) is 3.01. The first-order chi connectivity index (χ1) is 15.1. The largest absolute Gasteiger partial charge is 0.354 e. The molecule has 4 aromatic rings. The lowest BCUT2D eigenvalue weighted by atomic mass is 10.1. The lowest BCUT2D eigenvalue weighted by Gasteiger charge is -2.08. The number of carbonyl (C=O) groups is 1. The van der Waals surface area contributed by atoms with Crippen molar-refractivity contribution >= 4 is 28.7 Å². The Bertz CT molecular complexity index is 1240. The Morgan fingerprint density at radius 2 is 1.90 bits per heavy atom. The molecule has 1 N–H and O–H groups in total. The Kier molecular flexibility index (Phi) is 6.37. The number of rotatable bonds is 8. The number of nitrogens with one attached hydrogen (secondary N) is 1. The number of aromatic nitrogens is 6. The highest BCUT2D eigenvalue weighted by atomic mass is 32.2. The highest BCUT2D eigenvalue weighted by molar-refractivity contribution is 7.99. The van der Waals surface area contributed by atoms with E-state index < -0.39 is 0 Å². The van der Waals surface area contributed by atoms with Crippen molar-refractivity contribution in [1.29, 1.82) is 0 Å². The first kappa shape index (κ1) is 20.7. The second-order valence-electron chi connectivity index (χ2n) is 6.94.